The quantitative estimate of drug-likeness (QED) is 0.0902. The van der Waals surface area contributed by atoms with Gasteiger partial charge in [-0.25, -0.2) is 0 Å². The second-order valence-electron chi connectivity index (χ2n) is 19.4. The highest BCUT2D eigenvalue weighted by Gasteiger charge is 2.52. The zero-order chi connectivity index (χ0) is 37.8. The van der Waals surface area contributed by atoms with Gasteiger partial charge in [-0.2, -0.15) is 0 Å². The van der Waals surface area contributed by atoms with Gasteiger partial charge in [0.05, 0.1) is 6.10 Å². The molecule has 0 aromatic heterocycles. The lowest BCUT2D eigenvalue weighted by molar-refractivity contribution is -0.209. The summed E-state index contributed by atoms with van der Waals surface area (Å²) in [6.07, 6.45) is 20.4. The molecule has 0 aliphatic heterocycles. The van der Waals surface area contributed by atoms with Crippen molar-refractivity contribution in [1.82, 2.24) is 0 Å². The average Bonchev–Trinajstić information content (AvgIpc) is 3.36. The van der Waals surface area contributed by atoms with Gasteiger partial charge in [0.1, 0.15) is 6.61 Å². The van der Waals surface area contributed by atoms with Crippen LogP contribution in [0, 0.1) is 17.3 Å². The van der Waals surface area contributed by atoms with Crippen molar-refractivity contribution in [2.24, 2.45) is 17.3 Å². The standard InChI is InChI=1S/C44H78O4Si2/c1-16-19-22-35(23-20-17-2)39(45)32-46-44(48-50(14,15)42(8,9)10)30-36(33(4)40(31-44)47-49(12,13)41(5,6)7)26-25-34-24-21-29-43(11)37(18-3)27-28-38(34)43/h25-27,35,38,40H,4,16-24,28-32H2,1-3,5-15H3/t38-,40-,43+,44+/m0/s1. The first-order valence-electron chi connectivity index (χ1n) is 20.4. The van der Waals surface area contributed by atoms with Crippen LogP contribution >= 0.6 is 0 Å². The van der Waals surface area contributed by atoms with E-state index in [0.29, 0.717) is 18.8 Å². The van der Waals surface area contributed by atoms with Gasteiger partial charge in [-0.05, 0) is 104 Å². The fourth-order valence-corrected chi connectivity index (χ4v) is 10.8. The number of carbonyl (C=O) groups is 1. The van der Waals surface area contributed by atoms with Crippen molar-refractivity contribution in [1.29, 1.82) is 0 Å². The SMILES string of the molecule is C=C1C(=CC=C2CCC[C@]3(C)C(CC)=CC[C@@H]23)C[C@@](OCC(=O)C(CCCC)CCCC)(O[Si](C)(C)C(C)(C)C)C[C@@H]1O[Si](C)(C)C(C)(C)C. The maximum atomic E-state index is 14.0. The highest BCUT2D eigenvalue weighted by atomic mass is 28.4. The Morgan fingerprint density at radius 3 is 2.12 bits per heavy atom. The zero-order valence-corrected chi connectivity index (χ0v) is 37.2. The van der Waals surface area contributed by atoms with Gasteiger partial charge >= 0.3 is 0 Å². The van der Waals surface area contributed by atoms with Gasteiger partial charge in [-0.15, -0.1) is 0 Å². The van der Waals surface area contributed by atoms with E-state index >= 15 is 0 Å². The van der Waals surface area contributed by atoms with Crippen molar-refractivity contribution in [3.8, 4) is 0 Å². The van der Waals surface area contributed by atoms with E-state index in [9.17, 15) is 4.79 Å². The number of Topliss-reactive ketones (excluding diaryl/α,β-unsaturated/α-hetero) is 1. The summed E-state index contributed by atoms with van der Waals surface area (Å²) >= 11 is 0. The largest absolute Gasteiger partial charge is 0.410 e. The summed E-state index contributed by atoms with van der Waals surface area (Å²) < 4.78 is 21.7. The second kappa shape index (κ2) is 17.0. The van der Waals surface area contributed by atoms with Gasteiger partial charge in [0.15, 0.2) is 28.2 Å². The van der Waals surface area contributed by atoms with Crippen LogP contribution in [0.4, 0.5) is 0 Å². The minimum Gasteiger partial charge on any atom is -0.410 e. The number of hydrogen-bond acceptors (Lipinski definition) is 4. The van der Waals surface area contributed by atoms with Crippen LogP contribution in [0.2, 0.25) is 36.3 Å². The Morgan fingerprint density at radius 1 is 0.980 bits per heavy atom. The fraction of sp³-hybridized carbons (Fsp3) is 0.795. The van der Waals surface area contributed by atoms with Gasteiger partial charge in [0, 0.05) is 18.8 Å². The molecule has 4 atom stereocenters. The number of unbranched alkanes of at least 4 members (excludes halogenated alkanes) is 2. The number of allylic oxidation sites excluding steroid dienone is 5. The van der Waals surface area contributed by atoms with E-state index in [1.165, 1.54) is 12.8 Å². The highest BCUT2D eigenvalue weighted by Crippen LogP contribution is 2.56. The normalized spacial score (nSPS) is 28.5. The van der Waals surface area contributed by atoms with Crippen molar-refractivity contribution in [3.63, 3.8) is 0 Å². The van der Waals surface area contributed by atoms with E-state index < -0.39 is 22.4 Å². The van der Waals surface area contributed by atoms with E-state index in [1.54, 1.807) is 11.1 Å². The molecule has 0 heterocycles. The molecular formula is C44H78O4Si2. The Hall–Kier alpha value is -1.06. The number of ketones is 1. The van der Waals surface area contributed by atoms with Crippen LogP contribution in [-0.4, -0.2) is 40.9 Å². The molecule has 50 heavy (non-hydrogen) atoms. The smallest absolute Gasteiger partial charge is 0.195 e. The third-order valence-electron chi connectivity index (χ3n) is 13.6. The van der Waals surface area contributed by atoms with E-state index in [2.05, 4.69) is 114 Å². The summed E-state index contributed by atoms with van der Waals surface area (Å²) in [5.74, 6) is -0.107. The Balaban J connectivity index is 2.11. The van der Waals surface area contributed by atoms with Gasteiger partial charge in [-0.3, -0.25) is 4.79 Å². The summed E-state index contributed by atoms with van der Waals surface area (Å²) in [6.45, 7) is 37.1. The molecule has 0 saturated heterocycles. The fourth-order valence-electron chi connectivity index (χ4n) is 8.08. The van der Waals surface area contributed by atoms with Crippen LogP contribution in [0.1, 0.15) is 153 Å². The molecule has 0 amide bonds. The third-order valence-corrected chi connectivity index (χ3v) is 22.6. The van der Waals surface area contributed by atoms with Gasteiger partial charge in [-0.1, -0.05) is 131 Å². The Labute approximate surface area is 311 Å². The van der Waals surface area contributed by atoms with Gasteiger partial charge in [0.25, 0.3) is 0 Å². The van der Waals surface area contributed by atoms with Crippen LogP contribution in [0.15, 0.2) is 47.1 Å². The average molecular weight is 727 g/mol. The molecule has 6 heteroatoms. The molecule has 0 spiro atoms. The lowest BCUT2D eigenvalue weighted by Gasteiger charge is -2.51. The second-order valence-corrected chi connectivity index (χ2v) is 28.8. The molecule has 3 rings (SSSR count). The van der Waals surface area contributed by atoms with Crippen LogP contribution in [0.5, 0.6) is 0 Å². The third kappa shape index (κ3) is 10.1. The number of fused-ring (bicyclic) bond motifs is 1. The molecule has 0 radical (unpaired) electrons. The molecule has 0 unspecified atom stereocenters. The predicted octanol–water partition coefficient (Wildman–Crippen LogP) is 13.4. The van der Waals surface area contributed by atoms with Crippen molar-refractivity contribution < 1.29 is 18.4 Å². The number of ether oxygens (including phenoxy) is 1. The Bertz CT molecular complexity index is 1270. The summed E-state index contributed by atoms with van der Waals surface area (Å²) in [5.41, 5.74) is 5.69. The molecule has 3 aliphatic carbocycles. The minimum atomic E-state index is -2.34. The first-order valence-corrected chi connectivity index (χ1v) is 26.2. The molecule has 2 saturated carbocycles. The lowest BCUT2D eigenvalue weighted by Crippen LogP contribution is -2.56. The first kappa shape index (κ1) is 43.3. The van der Waals surface area contributed by atoms with E-state index in [0.717, 1.165) is 68.9 Å². The molecular weight excluding hydrogens is 649 g/mol. The van der Waals surface area contributed by atoms with Crippen LogP contribution in [0.3, 0.4) is 0 Å². The molecule has 0 bridgehead atoms. The van der Waals surface area contributed by atoms with Gasteiger partial charge < -0.3 is 13.6 Å². The molecule has 2 fully saturated rings. The zero-order valence-electron chi connectivity index (χ0n) is 35.2. The summed E-state index contributed by atoms with van der Waals surface area (Å²) in [4.78, 5) is 14.0. The Morgan fingerprint density at radius 2 is 1.58 bits per heavy atom. The van der Waals surface area contributed by atoms with Crippen molar-refractivity contribution >= 4 is 22.4 Å². The number of rotatable bonds is 16. The molecule has 0 aromatic rings. The maximum Gasteiger partial charge on any atom is 0.195 e. The number of carbonyl (C=O) groups excluding carboxylic acids is 1. The topological polar surface area (TPSA) is 44.8 Å². The Kier molecular flexibility index (Phi) is 14.7. The summed E-state index contributed by atoms with van der Waals surface area (Å²) in [5, 5.41) is 0.0222. The monoisotopic (exact) mass is 727 g/mol. The maximum absolute atomic E-state index is 14.0. The summed E-state index contributed by atoms with van der Waals surface area (Å²) in [6, 6.07) is 0. The van der Waals surface area contributed by atoms with E-state index in [-0.39, 0.29) is 39.9 Å². The van der Waals surface area contributed by atoms with Crippen molar-refractivity contribution in [2.45, 2.75) is 201 Å². The van der Waals surface area contributed by atoms with Crippen LogP contribution in [0.25, 0.3) is 0 Å². The lowest BCUT2D eigenvalue weighted by atomic mass is 9.64. The van der Waals surface area contributed by atoms with Crippen LogP contribution < -0.4 is 0 Å². The van der Waals surface area contributed by atoms with E-state index in [1.807, 2.05) is 0 Å². The number of hydrogen-bond donors (Lipinski definition) is 0. The molecule has 4 nitrogen and oxygen atoms in total. The molecule has 0 N–H and O–H groups in total. The van der Waals surface area contributed by atoms with Crippen molar-refractivity contribution in [3.05, 3.63) is 47.1 Å². The van der Waals surface area contributed by atoms with Gasteiger partial charge in [0.2, 0.25) is 0 Å². The first-order chi connectivity index (χ1) is 23.1. The summed E-state index contributed by atoms with van der Waals surface area (Å²) in [7, 11) is -4.52. The highest BCUT2D eigenvalue weighted by molar-refractivity contribution is 6.74. The van der Waals surface area contributed by atoms with Crippen LogP contribution in [-0.2, 0) is 18.4 Å². The molecule has 0 aromatic carbocycles. The van der Waals surface area contributed by atoms with Crippen molar-refractivity contribution in [2.75, 3.05) is 6.61 Å². The minimum absolute atomic E-state index is 0.0206. The predicted molar refractivity (Wildman–Crippen MR) is 220 cm³/mol. The molecule has 3 aliphatic rings. The van der Waals surface area contributed by atoms with E-state index in [4.69, 9.17) is 20.2 Å². The molecule has 286 valence electrons.